The second-order valence-electron chi connectivity index (χ2n) is 7.89. The minimum absolute atomic E-state index is 0.108. The van der Waals surface area contributed by atoms with Gasteiger partial charge >= 0.3 is 0 Å². The van der Waals surface area contributed by atoms with Crippen LogP contribution in [-0.2, 0) is 24.3 Å². The van der Waals surface area contributed by atoms with Crippen LogP contribution in [0.3, 0.4) is 0 Å². The maximum absolute atomic E-state index is 12.9. The molecular formula is C23H27N3O3. The van der Waals surface area contributed by atoms with Gasteiger partial charge in [-0.25, -0.2) is 0 Å². The van der Waals surface area contributed by atoms with Crippen LogP contribution in [0.4, 0.5) is 0 Å². The van der Waals surface area contributed by atoms with Gasteiger partial charge in [-0.15, -0.1) is 0 Å². The highest BCUT2D eigenvalue weighted by molar-refractivity contribution is 5.95. The summed E-state index contributed by atoms with van der Waals surface area (Å²) in [7, 11) is 0. The van der Waals surface area contributed by atoms with Crippen molar-refractivity contribution in [3.63, 3.8) is 0 Å². The van der Waals surface area contributed by atoms with Crippen molar-refractivity contribution in [2.45, 2.75) is 52.6 Å². The van der Waals surface area contributed by atoms with E-state index < -0.39 is 0 Å². The van der Waals surface area contributed by atoms with Gasteiger partial charge in [-0.05, 0) is 62.3 Å². The molecule has 2 aliphatic rings. The van der Waals surface area contributed by atoms with Crippen LogP contribution in [0.25, 0.3) is 0 Å². The van der Waals surface area contributed by atoms with Gasteiger partial charge in [-0.1, -0.05) is 12.2 Å². The van der Waals surface area contributed by atoms with Crippen molar-refractivity contribution < 1.29 is 14.0 Å². The number of aryl methyl sites for hydroxylation is 2. The lowest BCUT2D eigenvalue weighted by atomic mass is 9.90. The van der Waals surface area contributed by atoms with Crippen molar-refractivity contribution in [3.8, 4) is 0 Å². The highest BCUT2D eigenvalue weighted by Crippen LogP contribution is 2.27. The van der Waals surface area contributed by atoms with E-state index in [-0.39, 0.29) is 17.7 Å². The van der Waals surface area contributed by atoms with Gasteiger partial charge in [0.25, 0.3) is 5.91 Å². The number of carbonyl (C=O) groups is 2. The summed E-state index contributed by atoms with van der Waals surface area (Å²) in [5.41, 5.74) is 4.84. The third-order valence-corrected chi connectivity index (χ3v) is 6.05. The van der Waals surface area contributed by atoms with E-state index in [0.717, 1.165) is 49.0 Å². The van der Waals surface area contributed by atoms with Crippen molar-refractivity contribution >= 4 is 11.8 Å². The first-order valence-corrected chi connectivity index (χ1v) is 10.3. The third kappa shape index (κ3) is 3.97. The monoisotopic (exact) mass is 393 g/mol. The number of amides is 2. The van der Waals surface area contributed by atoms with Crippen LogP contribution in [0.5, 0.6) is 0 Å². The zero-order chi connectivity index (χ0) is 20.4. The third-order valence-electron chi connectivity index (χ3n) is 6.05. The SMILES string of the molecule is Cc1ncc2c(c1CNC(=O)c1ccoc1C)CCN(C(=O)[C@H]1CC=CCC1)C2. The number of hydrogen-bond acceptors (Lipinski definition) is 4. The zero-order valence-corrected chi connectivity index (χ0v) is 17.0. The molecule has 6 nitrogen and oxygen atoms in total. The summed E-state index contributed by atoms with van der Waals surface area (Å²) in [6.07, 6.45) is 11.3. The molecule has 1 aliphatic heterocycles. The quantitative estimate of drug-likeness (QED) is 0.807. The average molecular weight is 393 g/mol. The molecule has 29 heavy (non-hydrogen) atoms. The van der Waals surface area contributed by atoms with E-state index in [2.05, 4.69) is 22.5 Å². The number of furan rings is 1. The number of carbonyl (C=O) groups excluding carboxylic acids is 2. The molecule has 0 aromatic carbocycles. The summed E-state index contributed by atoms with van der Waals surface area (Å²) in [6.45, 7) is 5.49. The lowest BCUT2D eigenvalue weighted by Crippen LogP contribution is -2.40. The molecular weight excluding hydrogens is 366 g/mol. The van der Waals surface area contributed by atoms with Crippen LogP contribution in [0, 0.1) is 19.8 Å². The summed E-state index contributed by atoms with van der Waals surface area (Å²) in [5, 5.41) is 2.99. The standard InChI is InChI=1S/C23H27N3O3/c1-15-21(13-25-22(27)19-9-11-29-16(19)2)20-8-10-26(14-18(20)12-24-15)23(28)17-6-4-3-5-7-17/h3-4,9,11-12,17H,5-8,10,13-14H2,1-2H3,(H,25,27)/t17-/m0/s1. The number of hydrogen-bond donors (Lipinski definition) is 1. The van der Waals surface area contributed by atoms with E-state index in [9.17, 15) is 9.59 Å². The second kappa shape index (κ2) is 8.23. The Kier molecular flexibility index (Phi) is 5.51. The number of nitrogens with zero attached hydrogens (tertiary/aromatic N) is 2. The molecule has 152 valence electrons. The number of fused-ring (bicyclic) bond motifs is 1. The van der Waals surface area contributed by atoms with Crippen LogP contribution in [0.15, 0.2) is 35.1 Å². The fourth-order valence-corrected chi connectivity index (χ4v) is 4.31. The number of allylic oxidation sites excluding steroid dienone is 2. The number of rotatable bonds is 4. The van der Waals surface area contributed by atoms with Crippen molar-refractivity contribution in [2.24, 2.45) is 5.92 Å². The Bertz CT molecular complexity index is 960. The van der Waals surface area contributed by atoms with Gasteiger partial charge in [0.15, 0.2) is 0 Å². The molecule has 3 heterocycles. The van der Waals surface area contributed by atoms with Gasteiger partial charge in [0, 0.05) is 37.4 Å². The van der Waals surface area contributed by atoms with Crippen molar-refractivity contribution in [1.29, 1.82) is 0 Å². The van der Waals surface area contributed by atoms with Gasteiger partial charge in [-0.3, -0.25) is 14.6 Å². The Morgan fingerprint density at radius 1 is 1.31 bits per heavy atom. The summed E-state index contributed by atoms with van der Waals surface area (Å²) >= 11 is 0. The van der Waals surface area contributed by atoms with E-state index in [4.69, 9.17) is 4.42 Å². The molecule has 1 aliphatic carbocycles. The summed E-state index contributed by atoms with van der Waals surface area (Å²) < 4.78 is 5.22. The van der Waals surface area contributed by atoms with Crippen molar-refractivity contribution in [2.75, 3.05) is 6.54 Å². The van der Waals surface area contributed by atoms with Gasteiger partial charge in [-0.2, -0.15) is 0 Å². The number of pyridine rings is 1. The van der Waals surface area contributed by atoms with Gasteiger partial charge in [0.05, 0.1) is 11.8 Å². The Balaban J connectivity index is 1.47. The van der Waals surface area contributed by atoms with E-state index in [1.54, 1.807) is 13.0 Å². The molecule has 0 saturated carbocycles. The van der Waals surface area contributed by atoms with E-state index in [0.29, 0.717) is 24.4 Å². The first kappa shape index (κ1) is 19.4. The first-order chi connectivity index (χ1) is 14.0. The maximum Gasteiger partial charge on any atom is 0.255 e. The molecule has 0 spiro atoms. The predicted molar refractivity (Wildman–Crippen MR) is 109 cm³/mol. The number of aromatic nitrogens is 1. The second-order valence-corrected chi connectivity index (χ2v) is 7.89. The molecule has 0 saturated heterocycles. The van der Waals surface area contributed by atoms with Crippen LogP contribution >= 0.6 is 0 Å². The van der Waals surface area contributed by atoms with Crippen LogP contribution in [0.1, 0.15) is 57.8 Å². The molecule has 1 atom stereocenters. The zero-order valence-electron chi connectivity index (χ0n) is 17.0. The Morgan fingerprint density at radius 3 is 2.90 bits per heavy atom. The number of nitrogens with one attached hydrogen (secondary N) is 1. The molecule has 2 aromatic rings. The Labute approximate surface area is 171 Å². The molecule has 2 aromatic heterocycles. The average Bonchev–Trinajstić information content (AvgIpc) is 3.18. The molecule has 0 unspecified atom stereocenters. The highest BCUT2D eigenvalue weighted by Gasteiger charge is 2.28. The summed E-state index contributed by atoms with van der Waals surface area (Å²) in [6, 6.07) is 1.68. The summed E-state index contributed by atoms with van der Waals surface area (Å²) in [5.74, 6) is 0.827. The minimum Gasteiger partial charge on any atom is -0.469 e. The lowest BCUT2D eigenvalue weighted by molar-refractivity contribution is -0.136. The topological polar surface area (TPSA) is 75.4 Å². The van der Waals surface area contributed by atoms with Crippen LogP contribution in [-0.4, -0.2) is 28.2 Å². The lowest BCUT2D eigenvalue weighted by Gasteiger charge is -2.33. The maximum atomic E-state index is 12.9. The summed E-state index contributed by atoms with van der Waals surface area (Å²) in [4.78, 5) is 31.9. The van der Waals surface area contributed by atoms with Gasteiger partial charge < -0.3 is 14.6 Å². The van der Waals surface area contributed by atoms with E-state index >= 15 is 0 Å². The molecule has 1 N–H and O–H groups in total. The molecule has 2 amide bonds. The fraction of sp³-hybridized carbons (Fsp3) is 0.435. The van der Waals surface area contributed by atoms with E-state index in [1.807, 2.05) is 18.0 Å². The van der Waals surface area contributed by atoms with Crippen molar-refractivity contribution in [3.05, 3.63) is 64.4 Å². The molecule has 6 heteroatoms. The largest absolute Gasteiger partial charge is 0.469 e. The fourth-order valence-electron chi connectivity index (χ4n) is 4.31. The molecule has 0 radical (unpaired) electrons. The van der Waals surface area contributed by atoms with Crippen molar-refractivity contribution in [1.82, 2.24) is 15.2 Å². The smallest absolute Gasteiger partial charge is 0.255 e. The normalized spacial score (nSPS) is 18.4. The van der Waals surface area contributed by atoms with Gasteiger partial charge in [0.2, 0.25) is 5.91 Å². The van der Waals surface area contributed by atoms with Gasteiger partial charge in [0.1, 0.15) is 5.76 Å². The molecule has 0 fully saturated rings. The Hall–Kier alpha value is -2.89. The first-order valence-electron chi connectivity index (χ1n) is 10.3. The molecule has 4 rings (SSSR count). The predicted octanol–water partition coefficient (Wildman–Crippen LogP) is 3.46. The molecule has 0 bridgehead atoms. The minimum atomic E-state index is -0.147. The van der Waals surface area contributed by atoms with Crippen LogP contribution < -0.4 is 5.32 Å². The van der Waals surface area contributed by atoms with Crippen LogP contribution in [0.2, 0.25) is 0 Å². The Morgan fingerprint density at radius 2 is 2.17 bits per heavy atom. The van der Waals surface area contributed by atoms with E-state index in [1.165, 1.54) is 11.8 Å². The highest BCUT2D eigenvalue weighted by atomic mass is 16.3.